The number of nitrogens with zero attached hydrogens (tertiary/aromatic N) is 3. The highest BCUT2D eigenvalue weighted by Gasteiger charge is 2.19. The molecule has 1 aliphatic heterocycles. The van der Waals surface area contributed by atoms with Crippen LogP contribution >= 0.6 is 11.6 Å². The Kier molecular flexibility index (Phi) is 4.96. The average molecular weight is 389 g/mol. The highest BCUT2D eigenvalue weighted by molar-refractivity contribution is 6.30. The predicted octanol–water partition coefficient (Wildman–Crippen LogP) is 3.14. The van der Waals surface area contributed by atoms with E-state index in [1.54, 1.807) is 30.5 Å². The lowest BCUT2D eigenvalue weighted by Gasteiger charge is -2.35. The first-order valence-corrected chi connectivity index (χ1v) is 9.02. The van der Waals surface area contributed by atoms with E-state index in [1.807, 2.05) is 6.07 Å². The van der Waals surface area contributed by atoms with Crippen molar-refractivity contribution in [1.29, 1.82) is 0 Å². The molecule has 1 saturated heterocycles. The first-order valence-electron chi connectivity index (χ1n) is 8.65. The molecule has 27 heavy (non-hydrogen) atoms. The molecule has 0 amide bonds. The fraction of sp³-hybridized carbons (Fsp3) is 0.263. The fourth-order valence-corrected chi connectivity index (χ4v) is 3.38. The molecule has 0 atom stereocenters. The third kappa shape index (κ3) is 4.04. The van der Waals surface area contributed by atoms with Crippen LogP contribution in [0.5, 0.6) is 0 Å². The van der Waals surface area contributed by atoms with Crippen LogP contribution in [0.3, 0.4) is 0 Å². The van der Waals surface area contributed by atoms with Gasteiger partial charge >= 0.3 is 0 Å². The first-order chi connectivity index (χ1) is 13.1. The molecule has 1 N–H and O–H groups in total. The van der Waals surface area contributed by atoms with Crippen LogP contribution in [0.25, 0.3) is 11.3 Å². The smallest absolute Gasteiger partial charge is 0.266 e. The minimum absolute atomic E-state index is 0.201. The maximum atomic E-state index is 14.0. The number of rotatable bonds is 4. The van der Waals surface area contributed by atoms with E-state index >= 15 is 0 Å². The Morgan fingerprint density at radius 2 is 1.96 bits per heavy atom. The summed E-state index contributed by atoms with van der Waals surface area (Å²) in [6.07, 6.45) is 1.66. The Balaban J connectivity index is 1.38. The summed E-state index contributed by atoms with van der Waals surface area (Å²) < 4.78 is 19.9. The van der Waals surface area contributed by atoms with E-state index in [-0.39, 0.29) is 5.56 Å². The van der Waals surface area contributed by atoms with Crippen molar-refractivity contribution in [2.75, 3.05) is 31.1 Å². The number of furan rings is 1. The van der Waals surface area contributed by atoms with Gasteiger partial charge in [0.1, 0.15) is 17.3 Å². The zero-order chi connectivity index (χ0) is 18.8. The number of hydrogen-bond donors (Lipinski definition) is 1. The predicted molar refractivity (Wildman–Crippen MR) is 101 cm³/mol. The van der Waals surface area contributed by atoms with Crippen molar-refractivity contribution in [3.63, 3.8) is 0 Å². The topological polar surface area (TPSA) is 65.4 Å². The van der Waals surface area contributed by atoms with E-state index in [0.29, 0.717) is 22.9 Å². The summed E-state index contributed by atoms with van der Waals surface area (Å²) in [5.41, 5.74) is 1.03. The molecule has 0 aliphatic carbocycles. The average Bonchev–Trinajstić information content (AvgIpc) is 3.10. The summed E-state index contributed by atoms with van der Waals surface area (Å²) in [5.74, 6) is 0.876. The van der Waals surface area contributed by atoms with Gasteiger partial charge in [0.15, 0.2) is 0 Å². The van der Waals surface area contributed by atoms with Crippen LogP contribution in [0.15, 0.2) is 51.8 Å². The second kappa shape index (κ2) is 7.54. The molecule has 1 aliphatic rings. The molecule has 3 heterocycles. The Labute approximate surface area is 160 Å². The molecule has 1 fully saturated rings. The molecule has 0 saturated carbocycles. The Hall–Kier alpha value is -2.64. The number of aromatic amines is 1. The van der Waals surface area contributed by atoms with Crippen molar-refractivity contribution in [2.45, 2.75) is 6.54 Å². The van der Waals surface area contributed by atoms with Gasteiger partial charge in [-0.15, -0.1) is 0 Å². The summed E-state index contributed by atoms with van der Waals surface area (Å²) in [5, 5.41) is 6.59. The van der Waals surface area contributed by atoms with Crippen LogP contribution in [-0.4, -0.2) is 41.3 Å². The normalized spacial score (nSPS) is 15.3. The molecule has 0 radical (unpaired) electrons. The van der Waals surface area contributed by atoms with E-state index in [1.165, 1.54) is 6.07 Å². The highest BCUT2D eigenvalue weighted by Crippen LogP contribution is 2.27. The third-order valence-electron chi connectivity index (χ3n) is 4.63. The van der Waals surface area contributed by atoms with Crippen molar-refractivity contribution in [3.05, 3.63) is 69.5 Å². The number of H-pyrrole nitrogens is 1. The Morgan fingerprint density at radius 1 is 1.15 bits per heavy atom. The van der Waals surface area contributed by atoms with Crippen LogP contribution in [-0.2, 0) is 6.54 Å². The van der Waals surface area contributed by atoms with Crippen LogP contribution in [0.1, 0.15) is 5.76 Å². The van der Waals surface area contributed by atoms with Crippen LogP contribution < -0.4 is 10.5 Å². The van der Waals surface area contributed by atoms with Gasteiger partial charge in [-0.05, 0) is 30.3 Å². The van der Waals surface area contributed by atoms with Gasteiger partial charge in [0.25, 0.3) is 5.56 Å². The van der Waals surface area contributed by atoms with Gasteiger partial charge in [-0.1, -0.05) is 11.6 Å². The summed E-state index contributed by atoms with van der Waals surface area (Å²) in [7, 11) is 0. The van der Waals surface area contributed by atoms with E-state index in [9.17, 15) is 9.18 Å². The molecule has 1 aromatic carbocycles. The number of aromatic nitrogens is 2. The van der Waals surface area contributed by atoms with Crippen molar-refractivity contribution in [2.24, 2.45) is 0 Å². The summed E-state index contributed by atoms with van der Waals surface area (Å²) >= 11 is 5.80. The van der Waals surface area contributed by atoms with E-state index < -0.39 is 5.82 Å². The molecule has 0 unspecified atom stereocenters. The van der Waals surface area contributed by atoms with Gasteiger partial charge in [0, 0.05) is 37.3 Å². The molecule has 6 nitrogen and oxygen atoms in total. The molecular weight excluding hydrogens is 371 g/mol. The highest BCUT2D eigenvalue weighted by atomic mass is 35.5. The van der Waals surface area contributed by atoms with Gasteiger partial charge in [0.2, 0.25) is 0 Å². The second-order valence-electron chi connectivity index (χ2n) is 6.46. The number of halogens is 2. The minimum atomic E-state index is -0.400. The van der Waals surface area contributed by atoms with Gasteiger partial charge < -0.3 is 9.32 Å². The lowest BCUT2D eigenvalue weighted by atomic mass is 10.1. The quantitative estimate of drug-likeness (QED) is 0.743. The van der Waals surface area contributed by atoms with Gasteiger partial charge in [-0.25, -0.2) is 9.49 Å². The van der Waals surface area contributed by atoms with Gasteiger partial charge in [-0.2, -0.15) is 5.10 Å². The monoisotopic (exact) mass is 388 g/mol. The van der Waals surface area contributed by atoms with Gasteiger partial charge in [-0.3, -0.25) is 9.69 Å². The summed E-state index contributed by atoms with van der Waals surface area (Å²) in [6, 6.07) is 9.75. The first kappa shape index (κ1) is 17.8. The second-order valence-corrected chi connectivity index (χ2v) is 6.89. The molecule has 4 rings (SSSR count). The largest absolute Gasteiger partial charge is 0.460 e. The SMILES string of the molecule is O=c1cc(N2CCN(Cc3ccc(-c4ccc(Cl)cc4F)o3)CC2)cn[nH]1. The number of anilines is 1. The van der Waals surface area contributed by atoms with Crippen molar-refractivity contribution < 1.29 is 8.81 Å². The van der Waals surface area contributed by atoms with Crippen LogP contribution in [0.2, 0.25) is 5.02 Å². The number of hydrogen-bond acceptors (Lipinski definition) is 5. The molecule has 3 aromatic rings. The zero-order valence-electron chi connectivity index (χ0n) is 14.5. The maximum Gasteiger partial charge on any atom is 0.266 e. The van der Waals surface area contributed by atoms with E-state index in [2.05, 4.69) is 20.0 Å². The summed E-state index contributed by atoms with van der Waals surface area (Å²) in [4.78, 5) is 15.8. The minimum Gasteiger partial charge on any atom is -0.460 e. The lowest BCUT2D eigenvalue weighted by Crippen LogP contribution is -2.46. The fourth-order valence-electron chi connectivity index (χ4n) is 3.22. The Bertz CT molecular complexity index is 995. The number of benzene rings is 1. The lowest BCUT2D eigenvalue weighted by molar-refractivity contribution is 0.231. The number of piperazine rings is 1. The molecule has 140 valence electrons. The third-order valence-corrected chi connectivity index (χ3v) is 4.86. The van der Waals surface area contributed by atoms with E-state index in [0.717, 1.165) is 37.6 Å². The molecular formula is C19H18ClFN4O2. The van der Waals surface area contributed by atoms with Gasteiger partial charge in [0.05, 0.1) is 24.0 Å². The molecule has 8 heteroatoms. The van der Waals surface area contributed by atoms with Crippen LogP contribution in [0, 0.1) is 5.82 Å². The standard InChI is InChI=1S/C19H18ClFN4O2/c20-13-1-3-16(17(21)9-13)18-4-2-15(27-18)12-24-5-7-25(8-6-24)14-10-19(26)23-22-11-14/h1-4,9-11H,5-8,12H2,(H,23,26). The Morgan fingerprint density at radius 3 is 2.70 bits per heavy atom. The molecule has 2 aromatic heterocycles. The van der Waals surface area contributed by atoms with Crippen molar-refractivity contribution in [3.8, 4) is 11.3 Å². The van der Waals surface area contributed by atoms with Crippen LogP contribution in [0.4, 0.5) is 10.1 Å². The molecule has 0 spiro atoms. The zero-order valence-corrected chi connectivity index (χ0v) is 15.2. The van der Waals surface area contributed by atoms with E-state index in [4.69, 9.17) is 16.0 Å². The van der Waals surface area contributed by atoms with Crippen molar-refractivity contribution >= 4 is 17.3 Å². The number of nitrogens with one attached hydrogen (secondary N) is 1. The molecule has 0 bridgehead atoms. The van der Waals surface area contributed by atoms with Crippen molar-refractivity contribution in [1.82, 2.24) is 15.1 Å². The maximum absolute atomic E-state index is 14.0. The summed E-state index contributed by atoms with van der Waals surface area (Å²) in [6.45, 7) is 3.90.